The van der Waals surface area contributed by atoms with E-state index in [2.05, 4.69) is 31.7 Å². The van der Waals surface area contributed by atoms with Gasteiger partial charge in [0.05, 0.1) is 11.9 Å². The van der Waals surface area contributed by atoms with Gasteiger partial charge in [0, 0.05) is 18.8 Å². The second-order valence-corrected chi connectivity index (χ2v) is 11.8. The molecule has 9 nitrogen and oxygen atoms in total. The lowest BCUT2D eigenvalue weighted by atomic mass is 9.90. The summed E-state index contributed by atoms with van der Waals surface area (Å²) in [5.41, 5.74) is 0.0235. The van der Waals surface area contributed by atoms with Crippen LogP contribution in [0.1, 0.15) is 35.4 Å². The lowest BCUT2D eigenvalue weighted by Crippen LogP contribution is -2.29. The first-order valence-corrected chi connectivity index (χ1v) is 14.4. The molecule has 1 fully saturated rings. The number of hydrogen-bond acceptors (Lipinski definition) is 7. The van der Waals surface area contributed by atoms with Crippen molar-refractivity contribution in [3.63, 3.8) is 0 Å². The second-order valence-electron chi connectivity index (χ2n) is 10.1. The van der Waals surface area contributed by atoms with E-state index >= 15 is 0 Å². The minimum absolute atomic E-state index is 0.127. The number of nitrogens with one attached hydrogen (secondary N) is 1. The zero-order valence-corrected chi connectivity index (χ0v) is 23.5. The van der Waals surface area contributed by atoms with Crippen LogP contribution in [0.3, 0.4) is 0 Å². The highest BCUT2D eigenvalue weighted by molar-refractivity contribution is 7.92. The van der Waals surface area contributed by atoms with E-state index in [4.69, 9.17) is 4.74 Å². The molecule has 5 rings (SSSR count). The molecule has 0 radical (unpaired) electrons. The van der Waals surface area contributed by atoms with Crippen molar-refractivity contribution in [1.29, 1.82) is 0 Å². The second kappa shape index (κ2) is 11.1. The van der Waals surface area contributed by atoms with Gasteiger partial charge in [-0.1, -0.05) is 36.4 Å². The Bertz CT molecular complexity index is 1650. The predicted octanol–water partition coefficient (Wildman–Crippen LogP) is 5.61. The van der Waals surface area contributed by atoms with E-state index in [-0.39, 0.29) is 16.2 Å². The van der Waals surface area contributed by atoms with Gasteiger partial charge in [-0.3, -0.25) is 4.68 Å². The number of nitrogens with zero attached hydrogens (tertiary/aromatic N) is 5. The zero-order chi connectivity index (χ0) is 29.4. The quantitative estimate of drug-likeness (QED) is 0.301. The Morgan fingerprint density at radius 1 is 1.00 bits per heavy atom. The third-order valence-electron chi connectivity index (χ3n) is 7.06. The number of anilines is 1. The van der Waals surface area contributed by atoms with Gasteiger partial charge in [0.2, 0.25) is 11.8 Å². The Kier molecular flexibility index (Phi) is 7.75. The van der Waals surface area contributed by atoms with Gasteiger partial charge in [0.1, 0.15) is 16.2 Å². The van der Waals surface area contributed by atoms with E-state index in [9.17, 15) is 21.6 Å². The number of likely N-dealkylation sites (tertiary alicyclic amines) is 1. The first kappa shape index (κ1) is 28.6. The average molecular weight is 587 g/mol. The van der Waals surface area contributed by atoms with Crippen LogP contribution >= 0.6 is 0 Å². The van der Waals surface area contributed by atoms with Crippen molar-refractivity contribution in [1.82, 2.24) is 24.6 Å². The highest BCUT2D eigenvalue weighted by atomic mass is 32.2. The smallest absolute Gasteiger partial charge is 0.423 e. The number of alkyl halides is 3. The number of aryl methyl sites for hydroxylation is 2. The minimum atomic E-state index is -4.91. The van der Waals surface area contributed by atoms with Crippen LogP contribution in [0.25, 0.3) is 11.3 Å². The van der Waals surface area contributed by atoms with Gasteiger partial charge in [-0.15, -0.1) is 0 Å². The van der Waals surface area contributed by atoms with Crippen molar-refractivity contribution in [2.75, 3.05) is 24.9 Å². The van der Waals surface area contributed by atoms with Crippen molar-refractivity contribution in [2.45, 2.75) is 36.8 Å². The topological polar surface area (TPSA) is 102 Å². The summed E-state index contributed by atoms with van der Waals surface area (Å²) < 4.78 is 78.9. The molecule has 0 saturated carbocycles. The fourth-order valence-electron chi connectivity index (χ4n) is 4.83. The average Bonchev–Trinajstić information content (AvgIpc) is 3.36. The molecule has 13 heteroatoms. The van der Waals surface area contributed by atoms with E-state index in [1.807, 2.05) is 12.1 Å². The molecule has 1 aliphatic rings. The number of benzene rings is 2. The lowest BCUT2D eigenvalue weighted by molar-refractivity contribution is -0.138. The summed E-state index contributed by atoms with van der Waals surface area (Å²) in [6.45, 7) is 3.58. The van der Waals surface area contributed by atoms with Gasteiger partial charge >= 0.3 is 6.18 Å². The van der Waals surface area contributed by atoms with E-state index < -0.39 is 39.3 Å². The first-order chi connectivity index (χ1) is 19.4. The van der Waals surface area contributed by atoms with Gasteiger partial charge in [-0.25, -0.2) is 18.1 Å². The molecule has 4 aromatic rings. The number of rotatable bonds is 7. The third-order valence-corrected chi connectivity index (χ3v) is 8.34. The van der Waals surface area contributed by atoms with Gasteiger partial charge in [0.15, 0.2) is 0 Å². The maximum Gasteiger partial charge on any atom is 0.423 e. The highest BCUT2D eigenvalue weighted by Crippen LogP contribution is 2.44. The van der Waals surface area contributed by atoms with Crippen LogP contribution in [0.4, 0.5) is 19.1 Å². The van der Waals surface area contributed by atoms with Crippen LogP contribution in [0, 0.1) is 6.92 Å². The maximum atomic E-state index is 14.6. The summed E-state index contributed by atoms with van der Waals surface area (Å²) in [6, 6.07) is 13.3. The molecular weight excluding hydrogens is 557 g/mol. The summed E-state index contributed by atoms with van der Waals surface area (Å²) in [7, 11) is -0.652. The highest BCUT2D eigenvalue weighted by Gasteiger charge is 2.41. The van der Waals surface area contributed by atoms with Crippen LogP contribution in [0.5, 0.6) is 11.6 Å². The molecule has 2 aromatic heterocycles. The molecule has 1 saturated heterocycles. The van der Waals surface area contributed by atoms with Crippen LogP contribution in [-0.4, -0.2) is 53.2 Å². The standard InChI is InChI=1S/C28H29F3N6O3S/c1-18-6-4-5-7-23(18)25-24(28(29,30)31)26(34-27(33-25)35-41(38,39)22-16-32-37(3)17-22)40-21-10-8-19(9-11-21)20-12-14-36(2)15-13-20/h4-11,16-17,20H,12-15H2,1-3H3,(H,33,34,35). The number of aromatic nitrogens is 4. The number of halogens is 3. The number of ether oxygens (including phenoxy) is 1. The molecule has 0 spiro atoms. The molecule has 3 heterocycles. The molecule has 216 valence electrons. The van der Waals surface area contributed by atoms with Crippen molar-refractivity contribution < 1.29 is 26.3 Å². The summed E-state index contributed by atoms with van der Waals surface area (Å²) in [5.74, 6) is -0.909. The minimum Gasteiger partial charge on any atom is -0.438 e. The maximum absolute atomic E-state index is 14.6. The van der Waals surface area contributed by atoms with Crippen LogP contribution < -0.4 is 9.46 Å². The molecular formula is C28H29F3N6O3S. The normalized spacial score (nSPS) is 15.2. The molecule has 0 amide bonds. The fourth-order valence-corrected chi connectivity index (χ4v) is 5.75. The van der Waals surface area contributed by atoms with E-state index in [1.54, 1.807) is 37.3 Å². The number of hydrogen-bond donors (Lipinski definition) is 1. The largest absolute Gasteiger partial charge is 0.438 e. The Labute approximate surface area is 236 Å². The van der Waals surface area contributed by atoms with Crippen LogP contribution in [-0.2, 0) is 23.2 Å². The molecule has 0 bridgehead atoms. The van der Waals surface area contributed by atoms with Gasteiger partial charge in [-0.05, 0) is 69.1 Å². The van der Waals surface area contributed by atoms with Crippen molar-refractivity contribution in [2.24, 2.45) is 7.05 Å². The van der Waals surface area contributed by atoms with E-state index in [0.717, 1.165) is 37.7 Å². The molecule has 2 aromatic carbocycles. The van der Waals surface area contributed by atoms with Gasteiger partial charge in [-0.2, -0.15) is 23.3 Å². The Morgan fingerprint density at radius 2 is 1.68 bits per heavy atom. The molecule has 41 heavy (non-hydrogen) atoms. The molecule has 0 atom stereocenters. The molecule has 1 aliphatic heterocycles. The van der Waals surface area contributed by atoms with Crippen LogP contribution in [0.15, 0.2) is 65.8 Å². The summed E-state index contributed by atoms with van der Waals surface area (Å²) >= 11 is 0. The fraction of sp³-hybridized carbons (Fsp3) is 0.321. The van der Waals surface area contributed by atoms with Crippen molar-refractivity contribution in [3.05, 3.63) is 77.6 Å². The Hall–Kier alpha value is -3.97. The van der Waals surface area contributed by atoms with Gasteiger partial charge in [0.25, 0.3) is 10.0 Å². The predicted molar refractivity (Wildman–Crippen MR) is 147 cm³/mol. The lowest BCUT2D eigenvalue weighted by Gasteiger charge is -2.29. The number of piperidine rings is 1. The van der Waals surface area contributed by atoms with Gasteiger partial charge < -0.3 is 9.64 Å². The summed E-state index contributed by atoms with van der Waals surface area (Å²) in [4.78, 5) is 10.0. The third kappa shape index (κ3) is 6.35. The van der Waals surface area contributed by atoms with E-state index in [0.29, 0.717) is 11.5 Å². The van der Waals surface area contributed by atoms with Crippen molar-refractivity contribution >= 4 is 16.0 Å². The Morgan fingerprint density at radius 3 is 2.29 bits per heavy atom. The van der Waals surface area contributed by atoms with E-state index in [1.165, 1.54) is 24.0 Å². The SMILES string of the molecule is Cc1ccccc1-c1nc(NS(=O)(=O)c2cnn(C)c2)nc(Oc2ccc(C3CCN(C)CC3)cc2)c1C(F)(F)F. The molecule has 0 aliphatic carbocycles. The van der Waals surface area contributed by atoms with Crippen molar-refractivity contribution in [3.8, 4) is 22.9 Å². The number of sulfonamides is 1. The summed E-state index contributed by atoms with van der Waals surface area (Å²) in [5, 5.41) is 3.85. The molecule has 1 N–H and O–H groups in total. The molecule has 0 unspecified atom stereocenters. The monoisotopic (exact) mass is 586 g/mol. The first-order valence-electron chi connectivity index (χ1n) is 12.9. The van der Waals surface area contributed by atoms with Crippen LogP contribution in [0.2, 0.25) is 0 Å². The summed E-state index contributed by atoms with van der Waals surface area (Å²) in [6.07, 6.45) is -0.583. The zero-order valence-electron chi connectivity index (χ0n) is 22.7. The Balaban J connectivity index is 1.58.